The van der Waals surface area contributed by atoms with Gasteiger partial charge in [0.05, 0.1) is 13.2 Å². The van der Waals surface area contributed by atoms with Crippen molar-refractivity contribution < 1.29 is 4.74 Å². The Hall–Kier alpha value is -1.23. The zero-order valence-corrected chi connectivity index (χ0v) is 13.4. The second-order valence-corrected chi connectivity index (χ2v) is 5.62. The molecule has 0 aliphatic rings. The minimum atomic E-state index is -0.0322. The van der Waals surface area contributed by atoms with Crippen LogP contribution >= 0.6 is 27.5 Å². The maximum atomic E-state index is 6.06. The molecule has 2 rings (SSSR count). The number of nitrogens with one attached hydrogen (secondary N) is 1. The van der Waals surface area contributed by atoms with E-state index in [9.17, 15) is 0 Å². The molecule has 0 amide bonds. The monoisotopic (exact) mass is 354 g/mol. The highest BCUT2D eigenvalue weighted by atomic mass is 79.9. The molecule has 3 N–H and O–H groups in total. The van der Waals surface area contributed by atoms with Crippen molar-refractivity contribution in [1.29, 1.82) is 0 Å². The SMILES string of the molecule is COc1cccc(NC(CN)c2cc(Cl)ccc2Br)c1. The highest BCUT2D eigenvalue weighted by Crippen LogP contribution is 2.29. The van der Waals surface area contributed by atoms with Gasteiger partial charge in [0.15, 0.2) is 0 Å². The number of hydrogen-bond donors (Lipinski definition) is 2. The topological polar surface area (TPSA) is 47.3 Å². The van der Waals surface area contributed by atoms with Gasteiger partial charge in [0.1, 0.15) is 5.75 Å². The van der Waals surface area contributed by atoms with E-state index in [1.54, 1.807) is 7.11 Å². The van der Waals surface area contributed by atoms with Crippen LogP contribution in [0.4, 0.5) is 5.69 Å². The smallest absolute Gasteiger partial charge is 0.120 e. The fraction of sp³-hybridized carbons (Fsp3) is 0.200. The number of rotatable bonds is 5. The molecule has 0 radical (unpaired) electrons. The zero-order chi connectivity index (χ0) is 14.5. The molecular weight excluding hydrogens is 340 g/mol. The molecule has 0 fully saturated rings. The number of ether oxygens (including phenoxy) is 1. The van der Waals surface area contributed by atoms with Crippen LogP contribution in [0.15, 0.2) is 46.9 Å². The summed E-state index contributed by atoms with van der Waals surface area (Å²) in [7, 11) is 1.65. The van der Waals surface area contributed by atoms with Gasteiger partial charge in [-0.2, -0.15) is 0 Å². The van der Waals surface area contributed by atoms with E-state index in [-0.39, 0.29) is 6.04 Å². The lowest BCUT2D eigenvalue weighted by atomic mass is 10.1. The Balaban J connectivity index is 2.26. The number of nitrogens with two attached hydrogens (primary N) is 1. The Bertz CT molecular complexity index is 592. The Morgan fingerprint density at radius 3 is 2.80 bits per heavy atom. The van der Waals surface area contributed by atoms with Gasteiger partial charge in [-0.1, -0.05) is 33.6 Å². The molecule has 2 aromatic carbocycles. The van der Waals surface area contributed by atoms with E-state index in [0.717, 1.165) is 21.5 Å². The van der Waals surface area contributed by atoms with E-state index in [0.29, 0.717) is 11.6 Å². The molecule has 5 heteroatoms. The van der Waals surface area contributed by atoms with Crippen LogP contribution in [-0.2, 0) is 0 Å². The van der Waals surface area contributed by atoms with Gasteiger partial charge in [0, 0.05) is 27.8 Å². The van der Waals surface area contributed by atoms with Crippen molar-refractivity contribution in [3.63, 3.8) is 0 Å². The summed E-state index contributed by atoms with van der Waals surface area (Å²) in [5.74, 6) is 0.802. The number of benzene rings is 2. The van der Waals surface area contributed by atoms with Crippen LogP contribution in [0.3, 0.4) is 0 Å². The molecular formula is C15H16BrClN2O. The molecule has 2 aromatic rings. The van der Waals surface area contributed by atoms with Gasteiger partial charge >= 0.3 is 0 Å². The minimum Gasteiger partial charge on any atom is -0.497 e. The van der Waals surface area contributed by atoms with Gasteiger partial charge in [-0.3, -0.25) is 0 Å². The molecule has 0 heterocycles. The quantitative estimate of drug-likeness (QED) is 0.844. The Morgan fingerprint density at radius 2 is 2.10 bits per heavy atom. The van der Waals surface area contributed by atoms with E-state index >= 15 is 0 Å². The standard InChI is InChI=1S/C15H16BrClN2O/c1-20-12-4-2-3-11(8-12)19-15(9-18)13-7-10(17)5-6-14(13)16/h2-8,15,19H,9,18H2,1H3. The minimum absolute atomic E-state index is 0.0322. The number of halogens is 2. The van der Waals surface area contributed by atoms with Crippen LogP contribution in [0.2, 0.25) is 5.02 Å². The molecule has 0 saturated heterocycles. The lowest BCUT2D eigenvalue weighted by Gasteiger charge is -2.20. The van der Waals surface area contributed by atoms with Crippen LogP contribution in [-0.4, -0.2) is 13.7 Å². The third-order valence-corrected chi connectivity index (χ3v) is 3.94. The molecule has 20 heavy (non-hydrogen) atoms. The summed E-state index contributed by atoms with van der Waals surface area (Å²) >= 11 is 9.59. The van der Waals surface area contributed by atoms with Crippen molar-refractivity contribution >= 4 is 33.2 Å². The fourth-order valence-electron chi connectivity index (χ4n) is 1.96. The number of hydrogen-bond acceptors (Lipinski definition) is 3. The van der Waals surface area contributed by atoms with Gasteiger partial charge in [-0.15, -0.1) is 0 Å². The summed E-state index contributed by atoms with van der Waals surface area (Å²) in [5.41, 5.74) is 7.87. The average molecular weight is 356 g/mol. The second kappa shape index (κ2) is 6.97. The maximum absolute atomic E-state index is 6.06. The Morgan fingerprint density at radius 1 is 1.30 bits per heavy atom. The zero-order valence-electron chi connectivity index (χ0n) is 11.1. The predicted octanol–water partition coefficient (Wildman–Crippen LogP) is 4.22. The summed E-state index contributed by atoms with van der Waals surface area (Å²) in [6.45, 7) is 0.455. The summed E-state index contributed by atoms with van der Waals surface area (Å²) in [4.78, 5) is 0. The van der Waals surface area contributed by atoms with Gasteiger partial charge in [-0.05, 0) is 35.9 Å². The third-order valence-electron chi connectivity index (χ3n) is 2.98. The molecule has 0 aliphatic carbocycles. The van der Waals surface area contributed by atoms with Gasteiger partial charge in [0.2, 0.25) is 0 Å². The van der Waals surface area contributed by atoms with Crippen molar-refractivity contribution in [3.05, 3.63) is 57.5 Å². The second-order valence-electron chi connectivity index (χ2n) is 4.33. The molecule has 3 nitrogen and oxygen atoms in total. The first-order chi connectivity index (χ1) is 9.63. The molecule has 0 bridgehead atoms. The van der Waals surface area contributed by atoms with Crippen LogP contribution in [0.5, 0.6) is 5.75 Å². The fourth-order valence-corrected chi connectivity index (χ4v) is 2.66. The van der Waals surface area contributed by atoms with E-state index in [1.165, 1.54) is 0 Å². The van der Waals surface area contributed by atoms with Gasteiger partial charge < -0.3 is 15.8 Å². The average Bonchev–Trinajstić information content (AvgIpc) is 2.47. The summed E-state index contributed by atoms with van der Waals surface area (Å²) < 4.78 is 6.20. The van der Waals surface area contributed by atoms with E-state index in [4.69, 9.17) is 22.1 Å². The van der Waals surface area contributed by atoms with Crippen molar-refractivity contribution in [1.82, 2.24) is 0 Å². The van der Waals surface area contributed by atoms with Crippen molar-refractivity contribution in [3.8, 4) is 5.75 Å². The van der Waals surface area contributed by atoms with Crippen molar-refractivity contribution in [2.45, 2.75) is 6.04 Å². The van der Waals surface area contributed by atoms with Crippen LogP contribution < -0.4 is 15.8 Å². The summed E-state index contributed by atoms with van der Waals surface area (Å²) in [5, 5.41) is 4.08. The van der Waals surface area contributed by atoms with E-state index in [2.05, 4.69) is 21.2 Å². The first kappa shape index (κ1) is 15.2. The highest BCUT2D eigenvalue weighted by Gasteiger charge is 2.13. The van der Waals surface area contributed by atoms with Crippen molar-refractivity contribution in [2.24, 2.45) is 5.73 Å². The van der Waals surface area contributed by atoms with Crippen LogP contribution in [0.1, 0.15) is 11.6 Å². The molecule has 106 valence electrons. The molecule has 0 aromatic heterocycles. The van der Waals surface area contributed by atoms with E-state index in [1.807, 2.05) is 42.5 Å². The van der Waals surface area contributed by atoms with Gasteiger partial charge in [-0.25, -0.2) is 0 Å². The van der Waals surface area contributed by atoms with Crippen molar-refractivity contribution in [2.75, 3.05) is 19.0 Å². The molecule has 0 saturated carbocycles. The lowest BCUT2D eigenvalue weighted by molar-refractivity contribution is 0.415. The number of methoxy groups -OCH3 is 1. The molecule has 1 atom stereocenters. The lowest BCUT2D eigenvalue weighted by Crippen LogP contribution is -2.21. The molecule has 0 spiro atoms. The predicted molar refractivity (Wildman–Crippen MR) is 87.6 cm³/mol. The van der Waals surface area contributed by atoms with Gasteiger partial charge in [0.25, 0.3) is 0 Å². The highest BCUT2D eigenvalue weighted by molar-refractivity contribution is 9.10. The Labute approximate surface area is 132 Å². The largest absolute Gasteiger partial charge is 0.497 e. The maximum Gasteiger partial charge on any atom is 0.120 e. The third kappa shape index (κ3) is 3.66. The molecule has 1 unspecified atom stereocenters. The number of anilines is 1. The van der Waals surface area contributed by atoms with Crippen LogP contribution in [0.25, 0.3) is 0 Å². The van der Waals surface area contributed by atoms with E-state index < -0.39 is 0 Å². The normalized spacial score (nSPS) is 12.0. The summed E-state index contributed by atoms with van der Waals surface area (Å²) in [6, 6.07) is 13.4. The first-order valence-corrected chi connectivity index (χ1v) is 7.36. The molecule has 0 aliphatic heterocycles. The Kier molecular flexibility index (Phi) is 5.29. The summed E-state index contributed by atoms with van der Waals surface area (Å²) in [6.07, 6.45) is 0. The first-order valence-electron chi connectivity index (χ1n) is 6.19. The van der Waals surface area contributed by atoms with Crippen LogP contribution in [0, 0.1) is 0 Å².